The van der Waals surface area contributed by atoms with Crippen molar-refractivity contribution in [2.75, 3.05) is 5.73 Å². The van der Waals surface area contributed by atoms with Crippen LogP contribution in [0.2, 0.25) is 0 Å². The predicted molar refractivity (Wildman–Crippen MR) is 29.3 cm³/mol. The highest BCUT2D eigenvalue weighted by atomic mass is 15.2. The van der Waals surface area contributed by atoms with Crippen LogP contribution in [0.5, 0.6) is 0 Å². The molecule has 0 saturated carbocycles. The number of nitrogens with two attached hydrogens (primary N) is 1. The van der Waals surface area contributed by atoms with Crippen LogP contribution in [0, 0.1) is 6.57 Å². The number of nitrogens with one attached hydrogen (secondary N) is 1. The standard InChI is InChI=1S/C4H4N4/c1-6-3-2-7-8-4(3)5/h2H,(H3,5,7,8). The van der Waals surface area contributed by atoms with Crippen LogP contribution in [0.25, 0.3) is 4.85 Å². The smallest absolute Gasteiger partial charge is 0.246 e. The van der Waals surface area contributed by atoms with Crippen molar-refractivity contribution in [1.29, 1.82) is 0 Å². The second-order valence-corrected chi connectivity index (χ2v) is 1.28. The van der Waals surface area contributed by atoms with E-state index in [1.54, 1.807) is 0 Å². The summed E-state index contributed by atoms with van der Waals surface area (Å²) in [6.45, 7) is 6.49. The van der Waals surface area contributed by atoms with Gasteiger partial charge in [-0.05, 0) is 0 Å². The van der Waals surface area contributed by atoms with Crippen LogP contribution < -0.4 is 5.73 Å². The molecule has 4 nitrogen and oxygen atoms in total. The predicted octanol–water partition coefficient (Wildman–Crippen LogP) is 0.543. The number of anilines is 1. The van der Waals surface area contributed by atoms with Crippen LogP contribution in [0.15, 0.2) is 6.20 Å². The summed E-state index contributed by atoms with van der Waals surface area (Å²) in [5, 5.41) is 5.96. The summed E-state index contributed by atoms with van der Waals surface area (Å²) >= 11 is 0. The molecule has 0 amide bonds. The Labute approximate surface area is 46.1 Å². The molecule has 4 heteroatoms. The fourth-order valence-corrected chi connectivity index (χ4v) is 0.379. The number of nitrogen functional groups attached to an aromatic ring is 1. The van der Waals surface area contributed by atoms with E-state index in [0.717, 1.165) is 0 Å². The van der Waals surface area contributed by atoms with E-state index in [9.17, 15) is 0 Å². The van der Waals surface area contributed by atoms with Crippen molar-refractivity contribution in [3.63, 3.8) is 0 Å². The van der Waals surface area contributed by atoms with Crippen molar-refractivity contribution in [2.24, 2.45) is 0 Å². The van der Waals surface area contributed by atoms with Crippen LogP contribution in [0.4, 0.5) is 11.5 Å². The molecule has 0 aliphatic heterocycles. The molecule has 0 radical (unpaired) electrons. The van der Waals surface area contributed by atoms with Crippen LogP contribution in [0.3, 0.4) is 0 Å². The average molecular weight is 108 g/mol. The van der Waals surface area contributed by atoms with Gasteiger partial charge in [-0.25, -0.2) is 4.85 Å². The van der Waals surface area contributed by atoms with Gasteiger partial charge in [-0.15, -0.1) is 0 Å². The Morgan fingerprint density at radius 1 is 1.88 bits per heavy atom. The summed E-state index contributed by atoms with van der Waals surface area (Å²) in [6, 6.07) is 0. The third-order valence-corrected chi connectivity index (χ3v) is 0.768. The summed E-state index contributed by atoms with van der Waals surface area (Å²) in [4.78, 5) is 3.06. The zero-order valence-corrected chi connectivity index (χ0v) is 4.05. The van der Waals surface area contributed by atoms with Crippen molar-refractivity contribution in [1.82, 2.24) is 10.2 Å². The van der Waals surface area contributed by atoms with Crippen LogP contribution in [0.1, 0.15) is 0 Å². The summed E-state index contributed by atoms with van der Waals surface area (Å²) in [6.07, 6.45) is 1.39. The first-order chi connectivity index (χ1) is 3.84. The third-order valence-electron chi connectivity index (χ3n) is 0.768. The first-order valence-corrected chi connectivity index (χ1v) is 2.01. The largest absolute Gasteiger partial charge is 0.393 e. The van der Waals surface area contributed by atoms with Gasteiger partial charge in [0.05, 0.1) is 12.8 Å². The molecule has 0 aliphatic carbocycles. The number of H-pyrrole nitrogens is 1. The van der Waals surface area contributed by atoms with E-state index in [1.807, 2.05) is 0 Å². The van der Waals surface area contributed by atoms with E-state index >= 15 is 0 Å². The minimum atomic E-state index is 0.333. The van der Waals surface area contributed by atoms with Gasteiger partial charge in [0.2, 0.25) is 5.69 Å². The Bertz CT molecular complexity index is 218. The number of hydrogen-bond acceptors (Lipinski definition) is 2. The molecule has 0 bridgehead atoms. The molecule has 1 rings (SSSR count). The van der Waals surface area contributed by atoms with Crippen LogP contribution in [-0.4, -0.2) is 10.2 Å². The molecule has 0 saturated heterocycles. The van der Waals surface area contributed by atoms with E-state index in [-0.39, 0.29) is 0 Å². The molecule has 0 atom stereocenters. The normalized spacial score (nSPS) is 8.38. The summed E-state index contributed by atoms with van der Waals surface area (Å²) in [5.41, 5.74) is 5.60. The Morgan fingerprint density at radius 2 is 2.62 bits per heavy atom. The van der Waals surface area contributed by atoms with Crippen molar-refractivity contribution >= 4 is 11.5 Å². The lowest BCUT2D eigenvalue weighted by atomic mass is 10.5. The van der Waals surface area contributed by atoms with Gasteiger partial charge in [0, 0.05) is 0 Å². The maximum absolute atomic E-state index is 6.49. The highest BCUT2D eigenvalue weighted by molar-refractivity contribution is 5.60. The summed E-state index contributed by atoms with van der Waals surface area (Å²) in [5.74, 6) is 0.333. The second-order valence-electron chi connectivity index (χ2n) is 1.28. The minimum Gasteiger partial charge on any atom is -0.393 e. The van der Waals surface area contributed by atoms with E-state index in [1.165, 1.54) is 6.20 Å². The molecular formula is C4H4N4. The summed E-state index contributed by atoms with van der Waals surface area (Å²) in [7, 11) is 0. The summed E-state index contributed by atoms with van der Waals surface area (Å²) < 4.78 is 0. The Hall–Kier alpha value is -1.50. The molecule has 0 unspecified atom stereocenters. The number of hydrogen-bond donors (Lipinski definition) is 2. The van der Waals surface area contributed by atoms with Crippen LogP contribution >= 0.6 is 0 Å². The van der Waals surface area contributed by atoms with Gasteiger partial charge < -0.3 is 5.73 Å². The molecule has 0 fully saturated rings. The number of nitrogens with zero attached hydrogens (tertiary/aromatic N) is 2. The van der Waals surface area contributed by atoms with Gasteiger partial charge in [-0.1, -0.05) is 0 Å². The molecule has 3 N–H and O–H groups in total. The SMILES string of the molecule is [C-]#[N+]c1cn[nH]c1N. The first kappa shape index (κ1) is 4.65. The molecule has 1 aromatic rings. The molecule has 8 heavy (non-hydrogen) atoms. The molecule has 1 aromatic heterocycles. The Morgan fingerprint density at radius 3 is 2.88 bits per heavy atom. The highest BCUT2D eigenvalue weighted by Gasteiger charge is 1.95. The lowest BCUT2D eigenvalue weighted by molar-refractivity contribution is 1.10. The fourth-order valence-electron chi connectivity index (χ4n) is 0.379. The molecule has 40 valence electrons. The molecule has 0 aromatic carbocycles. The monoisotopic (exact) mass is 108 g/mol. The van der Waals surface area contributed by atoms with E-state index in [2.05, 4.69) is 15.0 Å². The maximum atomic E-state index is 6.49. The topological polar surface area (TPSA) is 59.1 Å². The van der Waals surface area contributed by atoms with Gasteiger partial charge in [-0.2, -0.15) is 5.10 Å². The van der Waals surface area contributed by atoms with Crippen molar-refractivity contribution in [3.8, 4) is 0 Å². The van der Waals surface area contributed by atoms with E-state index in [0.29, 0.717) is 11.5 Å². The Kier molecular flexibility index (Phi) is 0.897. The number of aromatic amines is 1. The molecule has 1 heterocycles. The average Bonchev–Trinajstić information content (AvgIpc) is 2.14. The molecule has 0 spiro atoms. The third kappa shape index (κ3) is 0.500. The quantitative estimate of drug-likeness (QED) is 0.476. The lowest BCUT2D eigenvalue weighted by Crippen LogP contribution is -1.82. The van der Waals surface area contributed by atoms with E-state index < -0.39 is 0 Å². The zero-order valence-electron chi connectivity index (χ0n) is 4.05. The van der Waals surface area contributed by atoms with Crippen molar-refractivity contribution in [2.45, 2.75) is 0 Å². The van der Waals surface area contributed by atoms with Crippen molar-refractivity contribution < 1.29 is 0 Å². The minimum absolute atomic E-state index is 0.333. The van der Waals surface area contributed by atoms with Gasteiger partial charge in [0.25, 0.3) is 0 Å². The highest BCUT2D eigenvalue weighted by Crippen LogP contribution is 2.15. The second kappa shape index (κ2) is 1.54. The van der Waals surface area contributed by atoms with Crippen molar-refractivity contribution in [3.05, 3.63) is 17.6 Å². The van der Waals surface area contributed by atoms with Gasteiger partial charge in [-0.3, -0.25) is 5.10 Å². The first-order valence-electron chi connectivity index (χ1n) is 2.01. The molecule has 0 aliphatic rings. The number of rotatable bonds is 0. The fraction of sp³-hybridized carbons (Fsp3) is 0. The lowest BCUT2D eigenvalue weighted by Gasteiger charge is -1.78. The number of aromatic nitrogens is 2. The van der Waals surface area contributed by atoms with E-state index in [4.69, 9.17) is 12.3 Å². The van der Waals surface area contributed by atoms with Gasteiger partial charge in [0.1, 0.15) is 5.82 Å². The zero-order chi connectivity index (χ0) is 5.98. The maximum Gasteiger partial charge on any atom is 0.246 e. The Balaban J connectivity index is 3.15. The molecular weight excluding hydrogens is 104 g/mol. The van der Waals surface area contributed by atoms with Gasteiger partial charge >= 0.3 is 0 Å². The van der Waals surface area contributed by atoms with Gasteiger partial charge in [0.15, 0.2) is 0 Å². The van der Waals surface area contributed by atoms with Crippen LogP contribution in [-0.2, 0) is 0 Å².